The molecule has 1 aromatic rings. The molecule has 3 fully saturated rings. The number of ether oxygens (including phenoxy) is 1. The van der Waals surface area contributed by atoms with Crippen molar-refractivity contribution in [3.8, 4) is 5.75 Å². The van der Waals surface area contributed by atoms with Crippen molar-refractivity contribution >= 4 is 30.0 Å². The molecule has 4 atom stereocenters. The summed E-state index contributed by atoms with van der Waals surface area (Å²) in [4.78, 5) is 37.3. The third-order valence-electron chi connectivity index (χ3n) is 7.96. The van der Waals surface area contributed by atoms with E-state index in [1.165, 1.54) is 25.7 Å². The van der Waals surface area contributed by atoms with Crippen molar-refractivity contribution in [2.45, 2.75) is 89.2 Å². The third-order valence-corrected chi connectivity index (χ3v) is 9.21. The lowest BCUT2D eigenvalue weighted by molar-refractivity contribution is -0.137. The number of nitrogens with zero attached hydrogens (tertiary/aromatic N) is 1. The molecule has 5 rings (SSSR count). The average Bonchev–Trinajstić information content (AvgIpc) is 3.45. The minimum Gasteiger partial charge on any atom is -0.493 e. The fourth-order valence-corrected chi connectivity index (χ4v) is 7.64. The van der Waals surface area contributed by atoms with Gasteiger partial charge in [-0.25, -0.2) is 0 Å². The Bertz CT molecular complexity index is 908. The standard InChI is InChI=1S/C16H27N3O2S.C10H11NO2.C2H6/c1-11-16(6-3-4-7-16)9-14-19(11)15(21)12(5-8-22-14)18-13(20)10-17-2;12-7-11-9-5-6-13-10-4-2-1-3-8(9)10;1-2/h11-12,14,17H,3-10H2,1-2H3,(H,18,20);1-4,7,9H,5-6H2,(H,11,12);1-2H3. The first-order valence-corrected chi connectivity index (χ1v) is 14.8. The summed E-state index contributed by atoms with van der Waals surface area (Å²) in [5.41, 5.74) is 1.41. The average molecular weight is 533 g/mol. The first kappa shape index (κ1) is 29.3. The number of fused-ring (bicyclic) bond motifs is 2. The van der Waals surface area contributed by atoms with Gasteiger partial charge in [0.25, 0.3) is 0 Å². The molecular formula is C28H44N4O4S. The molecule has 2 saturated heterocycles. The number of amides is 3. The van der Waals surface area contributed by atoms with E-state index in [0.29, 0.717) is 23.4 Å². The number of hydrogen-bond donors (Lipinski definition) is 3. The molecule has 0 aromatic heterocycles. The smallest absolute Gasteiger partial charge is 0.246 e. The first-order valence-electron chi connectivity index (χ1n) is 13.8. The SMILES string of the molecule is CC.CNCC(=O)NC1CCSC2CC3(CCCC3)C(C)N2C1=O.O=CNC1CCOc2ccccc21. The number of likely N-dealkylation sites (N-methyl/N-ethyl adjacent to an activating group) is 1. The molecular weight excluding hydrogens is 488 g/mol. The molecule has 0 radical (unpaired) electrons. The Morgan fingerprint density at radius 2 is 1.92 bits per heavy atom. The Morgan fingerprint density at radius 1 is 1.19 bits per heavy atom. The zero-order valence-electron chi connectivity index (χ0n) is 22.8. The van der Waals surface area contributed by atoms with E-state index in [0.717, 1.165) is 42.7 Å². The van der Waals surface area contributed by atoms with Crippen LogP contribution in [0.2, 0.25) is 0 Å². The van der Waals surface area contributed by atoms with Gasteiger partial charge in [0, 0.05) is 18.0 Å². The molecule has 1 aliphatic carbocycles. The number of rotatable bonds is 5. The van der Waals surface area contributed by atoms with Gasteiger partial charge in [0.15, 0.2) is 0 Å². The number of thioether (sulfide) groups is 1. The topological polar surface area (TPSA) is 99.8 Å². The maximum Gasteiger partial charge on any atom is 0.246 e. The largest absolute Gasteiger partial charge is 0.493 e. The molecule has 9 heteroatoms. The fourth-order valence-electron chi connectivity index (χ4n) is 6.10. The van der Waals surface area contributed by atoms with E-state index in [9.17, 15) is 14.4 Å². The van der Waals surface area contributed by atoms with Gasteiger partial charge in [-0.2, -0.15) is 0 Å². The molecule has 4 aliphatic rings. The van der Waals surface area contributed by atoms with Gasteiger partial charge in [0.1, 0.15) is 11.8 Å². The van der Waals surface area contributed by atoms with E-state index >= 15 is 0 Å². The van der Waals surface area contributed by atoms with Crippen LogP contribution >= 0.6 is 11.8 Å². The summed E-state index contributed by atoms with van der Waals surface area (Å²) >= 11 is 1.91. The molecule has 3 amide bonds. The highest BCUT2D eigenvalue weighted by Crippen LogP contribution is 2.54. The van der Waals surface area contributed by atoms with Gasteiger partial charge >= 0.3 is 0 Å². The highest BCUT2D eigenvalue weighted by molar-refractivity contribution is 7.99. The van der Waals surface area contributed by atoms with Crippen LogP contribution in [0, 0.1) is 5.41 Å². The third kappa shape index (κ3) is 6.79. The summed E-state index contributed by atoms with van der Waals surface area (Å²) in [5, 5.41) is 8.85. The lowest BCUT2D eigenvalue weighted by Crippen LogP contribution is -2.52. The van der Waals surface area contributed by atoms with Gasteiger partial charge in [-0.05, 0) is 56.9 Å². The number of carbonyl (C=O) groups excluding carboxylic acids is 3. The zero-order valence-corrected chi connectivity index (χ0v) is 23.6. The van der Waals surface area contributed by atoms with Crippen molar-refractivity contribution in [2.75, 3.05) is 26.0 Å². The van der Waals surface area contributed by atoms with Gasteiger partial charge in [-0.15, -0.1) is 11.8 Å². The Morgan fingerprint density at radius 3 is 2.62 bits per heavy atom. The predicted molar refractivity (Wildman–Crippen MR) is 148 cm³/mol. The second-order valence-corrected chi connectivity index (χ2v) is 11.3. The summed E-state index contributed by atoms with van der Waals surface area (Å²) in [6, 6.07) is 7.86. The van der Waals surface area contributed by atoms with Gasteiger partial charge < -0.3 is 25.6 Å². The van der Waals surface area contributed by atoms with Crippen molar-refractivity contribution in [1.82, 2.24) is 20.9 Å². The summed E-state index contributed by atoms with van der Waals surface area (Å²) in [7, 11) is 1.74. The summed E-state index contributed by atoms with van der Waals surface area (Å²) in [6.45, 7) is 7.16. The Hall–Kier alpha value is -2.26. The molecule has 4 unspecified atom stereocenters. The van der Waals surface area contributed by atoms with Crippen molar-refractivity contribution < 1.29 is 19.1 Å². The predicted octanol–water partition coefficient (Wildman–Crippen LogP) is 3.62. The van der Waals surface area contributed by atoms with E-state index in [-0.39, 0.29) is 30.4 Å². The van der Waals surface area contributed by atoms with Crippen molar-refractivity contribution in [2.24, 2.45) is 5.41 Å². The second-order valence-electron chi connectivity index (χ2n) is 9.97. The van der Waals surface area contributed by atoms with Gasteiger partial charge in [0.2, 0.25) is 18.2 Å². The number of carbonyl (C=O) groups is 3. The number of para-hydroxylation sites is 1. The van der Waals surface area contributed by atoms with Gasteiger partial charge in [-0.3, -0.25) is 14.4 Å². The first-order chi connectivity index (χ1) is 18.0. The van der Waals surface area contributed by atoms with E-state index in [1.807, 2.05) is 49.9 Å². The molecule has 3 N–H and O–H groups in total. The normalized spacial score (nSPS) is 27.2. The molecule has 1 saturated carbocycles. The maximum atomic E-state index is 13.0. The fraction of sp³-hybridized carbons (Fsp3) is 0.679. The lowest BCUT2D eigenvalue weighted by atomic mass is 9.79. The second kappa shape index (κ2) is 14.0. The number of hydrogen-bond acceptors (Lipinski definition) is 6. The minimum absolute atomic E-state index is 0.0910. The van der Waals surface area contributed by atoms with E-state index < -0.39 is 0 Å². The van der Waals surface area contributed by atoms with E-state index in [1.54, 1.807) is 7.05 Å². The molecule has 8 nitrogen and oxygen atoms in total. The van der Waals surface area contributed by atoms with Gasteiger partial charge in [-0.1, -0.05) is 44.9 Å². The van der Waals surface area contributed by atoms with Crippen LogP contribution in [-0.4, -0.2) is 66.5 Å². The van der Waals surface area contributed by atoms with Crippen LogP contribution in [0.5, 0.6) is 5.75 Å². The minimum atomic E-state index is -0.350. The maximum absolute atomic E-state index is 13.0. The monoisotopic (exact) mass is 532 g/mol. The summed E-state index contributed by atoms with van der Waals surface area (Å²) < 4.78 is 5.44. The molecule has 3 heterocycles. The van der Waals surface area contributed by atoms with E-state index in [2.05, 4.69) is 27.8 Å². The highest BCUT2D eigenvalue weighted by atomic mass is 32.2. The highest BCUT2D eigenvalue weighted by Gasteiger charge is 2.54. The van der Waals surface area contributed by atoms with Gasteiger partial charge in [0.05, 0.1) is 24.6 Å². The summed E-state index contributed by atoms with van der Waals surface area (Å²) in [5.74, 6) is 1.87. The number of nitrogens with one attached hydrogen (secondary N) is 3. The molecule has 0 bridgehead atoms. The number of benzene rings is 1. The molecule has 37 heavy (non-hydrogen) atoms. The van der Waals surface area contributed by atoms with Crippen LogP contribution in [0.25, 0.3) is 0 Å². The van der Waals surface area contributed by atoms with Crippen LogP contribution in [0.3, 0.4) is 0 Å². The van der Waals surface area contributed by atoms with Crippen LogP contribution in [-0.2, 0) is 14.4 Å². The van der Waals surface area contributed by atoms with Crippen molar-refractivity contribution in [3.63, 3.8) is 0 Å². The zero-order chi connectivity index (χ0) is 26.8. The van der Waals surface area contributed by atoms with Crippen molar-refractivity contribution in [1.29, 1.82) is 0 Å². The Labute approximate surface area is 226 Å². The quantitative estimate of drug-likeness (QED) is 0.501. The van der Waals surface area contributed by atoms with Crippen LogP contribution in [0.4, 0.5) is 0 Å². The lowest BCUT2D eigenvalue weighted by Gasteiger charge is -2.34. The molecule has 3 aliphatic heterocycles. The molecule has 1 spiro atoms. The summed E-state index contributed by atoms with van der Waals surface area (Å²) in [6.07, 6.45) is 8.58. The van der Waals surface area contributed by atoms with E-state index in [4.69, 9.17) is 4.74 Å². The Kier molecular flexibility index (Phi) is 11.1. The van der Waals surface area contributed by atoms with Crippen molar-refractivity contribution in [3.05, 3.63) is 29.8 Å². The Balaban J connectivity index is 0.000000216. The molecule has 1 aromatic carbocycles. The molecule has 206 valence electrons. The van der Waals surface area contributed by atoms with Crippen LogP contribution < -0.4 is 20.7 Å². The van der Waals surface area contributed by atoms with Crippen LogP contribution in [0.1, 0.15) is 77.3 Å². The van der Waals surface area contributed by atoms with Crippen LogP contribution in [0.15, 0.2) is 24.3 Å².